The Morgan fingerprint density at radius 1 is 0.300 bits per heavy atom. The Morgan fingerprint density at radius 2 is 0.383 bits per heavy atom. The van der Waals surface area contributed by atoms with Crippen molar-refractivity contribution in [1.82, 2.24) is 0 Å². The average molecular weight is 924 g/mol. The molecule has 0 aromatic carbocycles. The number of hydrogen-bond acceptors (Lipinski definition) is 18. The Labute approximate surface area is 427 Å². The van der Waals surface area contributed by atoms with Gasteiger partial charge in [0.1, 0.15) is 0 Å². The fourth-order valence-electron chi connectivity index (χ4n) is 2.86. The van der Waals surface area contributed by atoms with Crippen LogP contribution in [0.3, 0.4) is 0 Å². The first-order chi connectivity index (χ1) is 25.0. The third-order valence-corrected chi connectivity index (χ3v) is 5.31. The van der Waals surface area contributed by atoms with Gasteiger partial charge in [0.05, 0.1) is 51.4 Å². The van der Waals surface area contributed by atoms with Gasteiger partial charge in [-0.3, -0.25) is 38.4 Å². The molecule has 0 aliphatic carbocycles. The summed E-state index contributed by atoms with van der Waals surface area (Å²) in [6, 6.07) is 0. The molecule has 60 heavy (non-hydrogen) atoms. The molecule has 0 amide bonds. The van der Waals surface area contributed by atoms with Crippen LogP contribution in [0.5, 0.6) is 0 Å². The Kier molecular flexibility index (Phi) is 49.5. The average Bonchev–Trinajstić information content (AvgIpc) is 2.94. The molecule has 0 aliphatic heterocycles. The molecule has 0 aromatic heterocycles. The first-order valence-corrected chi connectivity index (χ1v) is 14.0. The van der Waals surface area contributed by atoms with Gasteiger partial charge in [-0.25, -0.2) is 19.2 Å². The van der Waals surface area contributed by atoms with Crippen LogP contribution in [-0.2, 0) is 57.5 Å². The second-order valence-electron chi connectivity index (χ2n) is 10.5. The molecule has 30 nitrogen and oxygen atoms in total. The Hall–Kier alpha value is -2.60. The first kappa shape index (κ1) is 77.9. The minimum Gasteiger partial charge on any atom is -1.00 e. The maximum atomic E-state index is 10.3. The van der Waals surface area contributed by atoms with E-state index < -0.39 is 145 Å². The molecule has 0 fully saturated rings. The maximum Gasteiger partial charge on any atom is 1.00 e. The van der Waals surface area contributed by atoms with Crippen molar-refractivity contribution >= 4 is 101 Å². The van der Waals surface area contributed by atoms with E-state index >= 15 is 0 Å². The van der Waals surface area contributed by atoms with E-state index in [1.807, 2.05) is 0 Å². The molecule has 0 aliphatic rings. The van der Waals surface area contributed by atoms with Crippen molar-refractivity contribution in [1.29, 1.82) is 0 Å². The van der Waals surface area contributed by atoms with E-state index in [0.29, 0.717) is 13.1 Å². The van der Waals surface area contributed by atoms with Gasteiger partial charge in [0.25, 0.3) is 0 Å². The van der Waals surface area contributed by atoms with Crippen LogP contribution in [0.15, 0.2) is 0 Å². The summed E-state index contributed by atoms with van der Waals surface area (Å²) in [7, 11) is 0. The zero-order valence-corrected chi connectivity index (χ0v) is 40.3. The van der Waals surface area contributed by atoms with Gasteiger partial charge in [0.15, 0.2) is 22.4 Å². The summed E-state index contributed by atoms with van der Waals surface area (Å²) in [6.07, 6.45) is -9.15. The second kappa shape index (κ2) is 38.1. The molecular weight excluding hydrogens is 880 g/mol. The van der Waals surface area contributed by atoms with Crippen LogP contribution in [-0.4, -0.2) is 218 Å². The smallest absolute Gasteiger partial charge is 1.00 e. The molecule has 0 saturated carbocycles. The molecule has 0 rings (SSSR count). The molecular formula is C26H43N2Na4O28. The summed E-state index contributed by atoms with van der Waals surface area (Å²) in [5.74, 6) is -20.1. The predicted molar refractivity (Wildman–Crippen MR) is 176 cm³/mol. The minimum absolute atomic E-state index is 0. The van der Waals surface area contributed by atoms with Crippen molar-refractivity contribution in [2.24, 2.45) is 11.5 Å². The van der Waals surface area contributed by atoms with Crippen LogP contribution >= 0.6 is 0 Å². The molecule has 34 heteroatoms. The van der Waals surface area contributed by atoms with Gasteiger partial charge >= 0.3 is 160 Å². The molecule has 0 spiro atoms. The maximum absolute atomic E-state index is 10.3. The molecule has 20 N–H and O–H groups in total. The third-order valence-electron chi connectivity index (χ3n) is 5.31. The summed E-state index contributed by atoms with van der Waals surface area (Å²) in [4.78, 5) is 122. The molecule has 0 unspecified atom stereocenters. The standard InChI is InChI=1S/4C6H8O7.C2H8N2.4Na.3H/c4*7-3(8)1-6(13,5(11)12)2-4(9)10;3-1-2-4;;;;;;;/h4*13H,1-2H2,(H,7,8)(H,9,10)(H,11,12);1-4H2;;;;;;;/q;;;;;;3*+1;3*-1. The number of carboxylic acid groups (broad SMARTS) is 12. The first-order valence-electron chi connectivity index (χ1n) is 14.0. The number of hydrogen-bond donors (Lipinski definition) is 18. The fraction of sp³-hybridized carbons (Fsp3) is 0.538. The molecule has 1 radical (unpaired) electrons. The normalized spacial score (nSPS) is 9.90. The molecule has 0 aromatic rings. The Balaban J connectivity index is -0.0000000516. The van der Waals surface area contributed by atoms with E-state index in [-0.39, 0.29) is 123 Å². The molecule has 329 valence electrons. The van der Waals surface area contributed by atoms with Crippen molar-refractivity contribution in [2.75, 3.05) is 13.1 Å². The van der Waals surface area contributed by atoms with E-state index in [1.54, 1.807) is 0 Å². The Morgan fingerprint density at radius 3 is 0.417 bits per heavy atom. The van der Waals surface area contributed by atoms with Crippen LogP contribution in [0, 0.1) is 0 Å². The van der Waals surface area contributed by atoms with E-state index in [9.17, 15) is 57.5 Å². The summed E-state index contributed by atoms with van der Waals surface area (Å²) < 4.78 is 0. The zero-order chi connectivity index (χ0) is 46.0. The molecule has 0 heterocycles. The SMILES string of the molecule is NCCN.O=C(O)CC(O)(CC(=O)O)C(=O)O.O=C(O)CC(O)(CC(=O)O)C(=O)O.O=C(O)CC(O)(CC(=O)O)C(=O)O.O=C(O)CC(O)(CC(=O)O)C(=O)O.[H-].[H-].[H-].[Na+].[Na+].[Na+].[Na]. The van der Waals surface area contributed by atoms with Gasteiger partial charge in [0.2, 0.25) is 0 Å². The molecule has 0 saturated heterocycles. The second-order valence-corrected chi connectivity index (χ2v) is 10.5. The number of aliphatic hydroxyl groups is 4. The number of aliphatic carboxylic acids is 12. The van der Waals surface area contributed by atoms with Crippen molar-refractivity contribution in [2.45, 2.75) is 73.8 Å². The summed E-state index contributed by atoms with van der Waals surface area (Å²) in [5.41, 5.74) is -1.15. The van der Waals surface area contributed by atoms with Crippen molar-refractivity contribution in [3.63, 3.8) is 0 Å². The predicted octanol–water partition coefficient (Wildman–Crippen LogP) is -15.1. The number of nitrogens with two attached hydrogens (primary N) is 2. The van der Waals surface area contributed by atoms with Gasteiger partial charge in [-0.05, 0) is 0 Å². The van der Waals surface area contributed by atoms with Crippen molar-refractivity contribution in [3.8, 4) is 0 Å². The number of rotatable bonds is 21. The van der Waals surface area contributed by atoms with Gasteiger partial charge in [-0.15, -0.1) is 0 Å². The van der Waals surface area contributed by atoms with Crippen LogP contribution in [0.1, 0.15) is 55.6 Å². The van der Waals surface area contributed by atoms with Gasteiger partial charge in [0, 0.05) is 42.6 Å². The quantitative estimate of drug-likeness (QED) is 0.0475. The van der Waals surface area contributed by atoms with E-state index in [1.165, 1.54) is 0 Å². The third kappa shape index (κ3) is 42.1. The minimum atomic E-state index is -2.74. The topological polar surface area (TPSA) is 581 Å². The van der Waals surface area contributed by atoms with Crippen molar-refractivity contribution < 1.29 is 232 Å². The van der Waals surface area contributed by atoms with E-state index in [0.717, 1.165) is 0 Å². The zero-order valence-electron chi connectivity index (χ0n) is 35.3. The summed E-state index contributed by atoms with van der Waals surface area (Å²) in [5, 5.41) is 135. The summed E-state index contributed by atoms with van der Waals surface area (Å²) in [6.45, 7) is 1.19. The Bertz CT molecular complexity index is 1200. The molecule has 0 bridgehead atoms. The van der Waals surface area contributed by atoms with Gasteiger partial charge in [-0.1, -0.05) is 0 Å². The monoisotopic (exact) mass is 923 g/mol. The van der Waals surface area contributed by atoms with Crippen LogP contribution in [0.2, 0.25) is 0 Å². The number of carboxylic acids is 12. The van der Waals surface area contributed by atoms with Crippen LogP contribution in [0.25, 0.3) is 0 Å². The largest absolute Gasteiger partial charge is 1.00 e. The van der Waals surface area contributed by atoms with Crippen LogP contribution in [0.4, 0.5) is 0 Å². The fourth-order valence-corrected chi connectivity index (χ4v) is 2.86. The number of carbonyl (C=O) groups is 12. The van der Waals surface area contributed by atoms with E-state index in [2.05, 4.69) is 0 Å². The van der Waals surface area contributed by atoms with Crippen molar-refractivity contribution in [3.05, 3.63) is 0 Å². The molecule has 0 atom stereocenters. The van der Waals surface area contributed by atoms with Crippen LogP contribution < -0.4 is 100 Å². The van der Waals surface area contributed by atoms with E-state index in [4.69, 9.17) is 93.2 Å². The summed E-state index contributed by atoms with van der Waals surface area (Å²) >= 11 is 0. The van der Waals surface area contributed by atoms with Gasteiger partial charge < -0.3 is 97.5 Å². The van der Waals surface area contributed by atoms with Gasteiger partial charge in [-0.2, -0.15) is 0 Å².